The molecule has 1 fully saturated rings. The van der Waals surface area contributed by atoms with Gasteiger partial charge in [-0.1, -0.05) is 90.3 Å². The van der Waals surface area contributed by atoms with Crippen LogP contribution in [0.25, 0.3) is 0 Å². The number of aromatic hydroxyl groups is 1. The van der Waals surface area contributed by atoms with Gasteiger partial charge in [0.25, 0.3) is 0 Å². The van der Waals surface area contributed by atoms with Gasteiger partial charge >= 0.3 is 6.16 Å². The topological polar surface area (TPSA) is 55.8 Å². The summed E-state index contributed by atoms with van der Waals surface area (Å²) in [5.41, 5.74) is 3.78. The van der Waals surface area contributed by atoms with Crippen molar-refractivity contribution >= 4 is 6.16 Å². The Morgan fingerprint density at radius 2 is 1.19 bits per heavy atom. The summed E-state index contributed by atoms with van der Waals surface area (Å²) in [6.45, 7) is 11.2. The van der Waals surface area contributed by atoms with Crippen molar-refractivity contribution < 1.29 is 19.4 Å². The summed E-state index contributed by atoms with van der Waals surface area (Å²) in [6, 6.07) is 23.1. The molecule has 4 nitrogen and oxygen atoms in total. The summed E-state index contributed by atoms with van der Waals surface area (Å²) < 4.78 is 10.9. The van der Waals surface area contributed by atoms with Gasteiger partial charge in [0, 0.05) is 5.41 Å². The van der Waals surface area contributed by atoms with Crippen molar-refractivity contribution in [3.8, 4) is 17.2 Å². The van der Waals surface area contributed by atoms with E-state index in [-0.39, 0.29) is 22.0 Å². The van der Waals surface area contributed by atoms with E-state index in [1.807, 2.05) is 60.7 Å². The van der Waals surface area contributed by atoms with Crippen molar-refractivity contribution in [1.82, 2.24) is 0 Å². The van der Waals surface area contributed by atoms with Crippen molar-refractivity contribution in [1.29, 1.82) is 0 Å². The third-order valence-electron chi connectivity index (χ3n) is 7.54. The summed E-state index contributed by atoms with van der Waals surface area (Å²) >= 11 is 0. The van der Waals surface area contributed by atoms with Gasteiger partial charge in [-0.2, -0.15) is 0 Å². The van der Waals surface area contributed by atoms with Crippen LogP contribution < -0.4 is 9.47 Å². The van der Waals surface area contributed by atoms with Gasteiger partial charge in [-0.15, -0.1) is 0 Å². The van der Waals surface area contributed by atoms with Crippen LogP contribution in [0.1, 0.15) is 89.8 Å². The molecule has 37 heavy (non-hydrogen) atoms. The van der Waals surface area contributed by atoms with Crippen LogP contribution in [0.5, 0.6) is 17.2 Å². The van der Waals surface area contributed by atoms with Crippen molar-refractivity contribution in [3.63, 3.8) is 0 Å². The predicted molar refractivity (Wildman–Crippen MR) is 149 cm³/mol. The second-order valence-electron chi connectivity index (χ2n) is 12.3. The number of carbonyl (C=O) groups excluding carboxylic acids is 1. The SMILES string of the molecule is CC(C)(C)CC(C)(C)c1ccc(OC(=O)Oc2ccc(C3(c4ccc(O)cc4)CCCCC3)cc2)cc1. The lowest BCUT2D eigenvalue weighted by atomic mass is 9.65. The first-order valence-electron chi connectivity index (χ1n) is 13.4. The van der Waals surface area contributed by atoms with E-state index in [0.29, 0.717) is 11.5 Å². The lowest BCUT2D eigenvalue weighted by Crippen LogP contribution is -2.30. The molecule has 0 radical (unpaired) electrons. The van der Waals surface area contributed by atoms with Crippen LogP contribution in [-0.2, 0) is 10.8 Å². The molecule has 0 atom stereocenters. The van der Waals surface area contributed by atoms with Gasteiger partial charge in [-0.25, -0.2) is 4.79 Å². The standard InChI is InChI=1S/C33H40O4/c1-31(2,3)23-32(4,5)24-11-17-28(18-12-24)36-30(35)37-29-19-13-26(14-20-29)33(21-7-6-8-22-33)25-9-15-27(34)16-10-25/h9-20,34H,6-8,21-23H2,1-5H3. The van der Waals surface area contributed by atoms with Crippen molar-refractivity contribution in [3.05, 3.63) is 89.5 Å². The molecule has 0 heterocycles. The Morgan fingerprint density at radius 3 is 1.68 bits per heavy atom. The zero-order valence-electron chi connectivity index (χ0n) is 22.8. The second-order valence-corrected chi connectivity index (χ2v) is 12.3. The maximum atomic E-state index is 12.5. The van der Waals surface area contributed by atoms with E-state index in [0.717, 1.165) is 32.1 Å². The van der Waals surface area contributed by atoms with Gasteiger partial charge in [-0.05, 0) is 83.2 Å². The number of hydrogen-bond donors (Lipinski definition) is 1. The average Bonchev–Trinajstić information content (AvgIpc) is 2.84. The molecule has 4 rings (SSSR count). The van der Waals surface area contributed by atoms with Gasteiger partial charge < -0.3 is 14.6 Å². The molecule has 196 valence electrons. The van der Waals surface area contributed by atoms with Crippen LogP contribution in [0, 0.1) is 5.41 Å². The van der Waals surface area contributed by atoms with Crippen LogP contribution in [-0.4, -0.2) is 11.3 Å². The average molecular weight is 501 g/mol. The summed E-state index contributed by atoms with van der Waals surface area (Å²) in [6.07, 6.45) is 5.98. The van der Waals surface area contributed by atoms with Gasteiger partial charge in [0.2, 0.25) is 0 Å². The Morgan fingerprint density at radius 1 is 0.730 bits per heavy atom. The highest BCUT2D eigenvalue weighted by Gasteiger charge is 2.35. The number of carbonyl (C=O) groups is 1. The Hall–Kier alpha value is -3.27. The molecule has 0 unspecified atom stereocenters. The highest BCUT2D eigenvalue weighted by Crippen LogP contribution is 2.45. The molecule has 1 aliphatic carbocycles. The summed E-state index contributed by atoms with van der Waals surface area (Å²) in [5.74, 6) is 1.19. The maximum Gasteiger partial charge on any atom is 0.519 e. The molecule has 3 aromatic carbocycles. The molecule has 0 saturated heterocycles. The smallest absolute Gasteiger partial charge is 0.508 e. The summed E-state index contributed by atoms with van der Waals surface area (Å²) in [4.78, 5) is 12.5. The molecule has 0 bridgehead atoms. The molecule has 0 aromatic heterocycles. The van der Waals surface area contributed by atoms with E-state index < -0.39 is 6.16 Å². The normalized spacial score (nSPS) is 15.7. The number of rotatable bonds is 6. The fraction of sp³-hybridized carbons (Fsp3) is 0.424. The Kier molecular flexibility index (Phi) is 7.68. The molecule has 1 saturated carbocycles. The van der Waals surface area contributed by atoms with E-state index in [4.69, 9.17) is 9.47 Å². The highest BCUT2D eigenvalue weighted by molar-refractivity contribution is 5.67. The van der Waals surface area contributed by atoms with Crippen molar-refractivity contribution in [2.24, 2.45) is 5.41 Å². The molecule has 1 N–H and O–H groups in total. The highest BCUT2D eigenvalue weighted by atomic mass is 16.7. The van der Waals surface area contributed by atoms with Crippen LogP contribution in [0.3, 0.4) is 0 Å². The summed E-state index contributed by atoms with van der Waals surface area (Å²) in [5, 5.41) is 9.76. The largest absolute Gasteiger partial charge is 0.519 e. The lowest BCUT2D eigenvalue weighted by Gasteiger charge is -2.38. The zero-order valence-corrected chi connectivity index (χ0v) is 22.8. The molecule has 0 spiro atoms. The third-order valence-corrected chi connectivity index (χ3v) is 7.54. The number of benzene rings is 3. The number of hydrogen-bond acceptors (Lipinski definition) is 4. The molecule has 3 aromatic rings. The molecule has 0 amide bonds. The van der Waals surface area contributed by atoms with Gasteiger partial charge in [-0.3, -0.25) is 0 Å². The van der Waals surface area contributed by atoms with E-state index >= 15 is 0 Å². The quantitative estimate of drug-likeness (QED) is 0.271. The molecular formula is C33H40O4. The monoisotopic (exact) mass is 500 g/mol. The first kappa shape index (κ1) is 26.8. The van der Waals surface area contributed by atoms with Crippen molar-refractivity contribution in [2.45, 2.75) is 84.0 Å². The molecule has 1 aliphatic rings. The number of ether oxygens (including phenoxy) is 2. The lowest BCUT2D eigenvalue weighted by molar-refractivity contribution is 0.152. The van der Waals surface area contributed by atoms with Crippen LogP contribution in [0.4, 0.5) is 4.79 Å². The van der Waals surface area contributed by atoms with E-state index in [9.17, 15) is 9.90 Å². The minimum Gasteiger partial charge on any atom is -0.508 e. The third kappa shape index (κ3) is 6.54. The number of phenols is 1. The van der Waals surface area contributed by atoms with Gasteiger partial charge in [0.15, 0.2) is 0 Å². The molecule has 0 aliphatic heterocycles. The minimum absolute atomic E-state index is 0.0227. The maximum absolute atomic E-state index is 12.5. The van der Waals surface area contributed by atoms with Crippen LogP contribution in [0.2, 0.25) is 0 Å². The summed E-state index contributed by atoms with van der Waals surface area (Å²) in [7, 11) is 0. The Bertz CT molecular complexity index is 1180. The molecular weight excluding hydrogens is 460 g/mol. The fourth-order valence-electron chi connectivity index (χ4n) is 6.14. The van der Waals surface area contributed by atoms with Gasteiger partial charge in [0.1, 0.15) is 17.2 Å². The first-order chi connectivity index (χ1) is 17.5. The minimum atomic E-state index is -0.750. The van der Waals surface area contributed by atoms with E-state index in [1.165, 1.54) is 23.1 Å². The van der Waals surface area contributed by atoms with Crippen LogP contribution in [0.15, 0.2) is 72.8 Å². The number of phenolic OH excluding ortho intramolecular Hbond substituents is 1. The fourth-order valence-corrected chi connectivity index (χ4v) is 6.14. The van der Waals surface area contributed by atoms with E-state index in [2.05, 4.69) is 34.6 Å². The Balaban J connectivity index is 1.42. The first-order valence-corrected chi connectivity index (χ1v) is 13.4. The Labute approximate surface area is 221 Å². The predicted octanol–water partition coefficient (Wildman–Crippen LogP) is 8.93. The van der Waals surface area contributed by atoms with Gasteiger partial charge in [0.05, 0.1) is 0 Å². The van der Waals surface area contributed by atoms with E-state index in [1.54, 1.807) is 12.1 Å². The zero-order chi connectivity index (χ0) is 26.7. The van der Waals surface area contributed by atoms with Crippen LogP contribution >= 0.6 is 0 Å². The molecule has 4 heteroatoms. The van der Waals surface area contributed by atoms with Crippen molar-refractivity contribution in [2.75, 3.05) is 0 Å². The second kappa shape index (κ2) is 10.6.